The zero-order valence-electron chi connectivity index (χ0n) is 33.6. The van der Waals surface area contributed by atoms with Crippen LogP contribution < -0.4 is 0 Å². The Morgan fingerprint density at radius 2 is 0.726 bits per heavy atom. The Hall–Kier alpha value is -7.79. The molecular weight excluding hydrogens is 771 g/mol. The van der Waals surface area contributed by atoms with Gasteiger partial charge < -0.3 is 0 Å². The molecule has 0 radical (unpaired) electrons. The fourth-order valence-electron chi connectivity index (χ4n) is 9.56. The number of hydrogen-bond acceptors (Lipinski definition) is 4. The van der Waals surface area contributed by atoms with Crippen molar-refractivity contribution in [3.05, 3.63) is 247 Å². The van der Waals surface area contributed by atoms with Gasteiger partial charge in [-0.15, -0.1) is 11.3 Å². The Morgan fingerprint density at radius 3 is 1.31 bits per heavy atom. The largest absolute Gasteiger partial charge is 0.208 e. The molecule has 0 atom stereocenters. The minimum Gasteiger partial charge on any atom is -0.208 e. The molecular formula is C58H37N3S. The summed E-state index contributed by atoms with van der Waals surface area (Å²) in [6.45, 7) is 0. The maximum atomic E-state index is 5.30. The first-order valence-electron chi connectivity index (χ1n) is 21.0. The van der Waals surface area contributed by atoms with Crippen molar-refractivity contribution in [2.24, 2.45) is 0 Å². The lowest BCUT2D eigenvalue weighted by molar-refractivity contribution is 0.770. The van der Waals surface area contributed by atoms with E-state index in [1.807, 2.05) is 29.5 Å². The Morgan fingerprint density at radius 1 is 0.290 bits per heavy atom. The van der Waals surface area contributed by atoms with Gasteiger partial charge in [0.25, 0.3) is 0 Å². The molecule has 12 rings (SSSR count). The van der Waals surface area contributed by atoms with Gasteiger partial charge in [0.2, 0.25) is 0 Å². The van der Waals surface area contributed by atoms with Gasteiger partial charge >= 0.3 is 0 Å². The van der Waals surface area contributed by atoms with Crippen LogP contribution in [0.1, 0.15) is 22.3 Å². The summed E-state index contributed by atoms with van der Waals surface area (Å²) < 4.78 is 2.47. The monoisotopic (exact) mass is 807 g/mol. The van der Waals surface area contributed by atoms with E-state index in [-0.39, 0.29) is 0 Å². The second kappa shape index (κ2) is 14.7. The zero-order valence-corrected chi connectivity index (χ0v) is 34.4. The van der Waals surface area contributed by atoms with Gasteiger partial charge in [-0.25, -0.2) is 15.0 Å². The number of nitrogens with zero attached hydrogens (tertiary/aromatic N) is 3. The standard InChI is InChI=1S/C58H37N3S/c1-5-17-38(18-6-1)42-33-43(39-19-7-2-8-20-39)35-44(34-42)57-60-55(40-21-9-3-10-22-40)59-56(61-57)41-29-31-53-49(36-41)50-37-46(30-32-54(50)62-53)58(45-23-11-4-12-24-45)51-27-15-13-25-47(51)48-26-14-16-28-52(48)58/h1-37H. The summed E-state index contributed by atoms with van der Waals surface area (Å²) >= 11 is 1.83. The van der Waals surface area contributed by atoms with E-state index in [2.05, 4.69) is 206 Å². The molecule has 0 bridgehead atoms. The fourth-order valence-corrected chi connectivity index (χ4v) is 10.6. The van der Waals surface area contributed by atoms with Crippen LogP contribution in [0.2, 0.25) is 0 Å². The molecule has 4 heteroatoms. The van der Waals surface area contributed by atoms with Crippen LogP contribution in [-0.4, -0.2) is 15.0 Å². The molecule has 62 heavy (non-hydrogen) atoms. The Labute approximate surface area is 364 Å². The highest BCUT2D eigenvalue weighted by molar-refractivity contribution is 7.25. The highest BCUT2D eigenvalue weighted by Crippen LogP contribution is 2.56. The molecule has 0 amide bonds. The van der Waals surface area contributed by atoms with Crippen molar-refractivity contribution < 1.29 is 0 Å². The maximum Gasteiger partial charge on any atom is 0.164 e. The van der Waals surface area contributed by atoms with Crippen molar-refractivity contribution in [3.8, 4) is 67.5 Å². The van der Waals surface area contributed by atoms with Crippen LogP contribution in [0.5, 0.6) is 0 Å². The highest BCUT2D eigenvalue weighted by Gasteiger charge is 2.46. The molecule has 0 aliphatic heterocycles. The molecule has 0 saturated carbocycles. The molecule has 2 heterocycles. The topological polar surface area (TPSA) is 38.7 Å². The van der Waals surface area contributed by atoms with Gasteiger partial charge in [-0.2, -0.15) is 0 Å². The van der Waals surface area contributed by atoms with Gasteiger partial charge in [0.1, 0.15) is 0 Å². The molecule has 0 fully saturated rings. The number of fused-ring (bicyclic) bond motifs is 6. The lowest BCUT2D eigenvalue weighted by atomic mass is 9.67. The summed E-state index contributed by atoms with van der Waals surface area (Å²) in [6.07, 6.45) is 0. The third kappa shape index (κ3) is 5.91. The summed E-state index contributed by atoms with van der Waals surface area (Å²) in [5.41, 5.74) is 14.5. The average molecular weight is 808 g/mol. The third-order valence-corrected chi connectivity index (χ3v) is 13.5. The van der Waals surface area contributed by atoms with Crippen LogP contribution in [0.15, 0.2) is 224 Å². The summed E-state index contributed by atoms with van der Waals surface area (Å²) in [7, 11) is 0. The predicted molar refractivity (Wildman–Crippen MR) is 257 cm³/mol. The molecule has 2 aromatic heterocycles. The lowest BCUT2D eigenvalue weighted by Crippen LogP contribution is -2.28. The average Bonchev–Trinajstić information content (AvgIpc) is 3.88. The van der Waals surface area contributed by atoms with Crippen molar-refractivity contribution in [3.63, 3.8) is 0 Å². The first-order valence-corrected chi connectivity index (χ1v) is 21.8. The molecule has 0 unspecified atom stereocenters. The van der Waals surface area contributed by atoms with Crippen molar-refractivity contribution in [2.75, 3.05) is 0 Å². The van der Waals surface area contributed by atoms with E-state index in [9.17, 15) is 0 Å². The van der Waals surface area contributed by atoms with Crippen molar-refractivity contribution in [1.82, 2.24) is 15.0 Å². The van der Waals surface area contributed by atoms with E-state index in [0.29, 0.717) is 17.5 Å². The van der Waals surface area contributed by atoms with E-state index in [0.717, 1.165) is 38.9 Å². The quantitative estimate of drug-likeness (QED) is 0.161. The zero-order chi connectivity index (χ0) is 41.0. The molecule has 290 valence electrons. The predicted octanol–water partition coefficient (Wildman–Crippen LogP) is 14.9. The number of rotatable bonds is 7. The third-order valence-electron chi connectivity index (χ3n) is 12.4. The molecule has 0 saturated heterocycles. The van der Waals surface area contributed by atoms with Gasteiger partial charge in [0.05, 0.1) is 5.41 Å². The van der Waals surface area contributed by atoms with Gasteiger partial charge in [0.15, 0.2) is 17.5 Å². The second-order valence-corrected chi connectivity index (χ2v) is 17.0. The van der Waals surface area contributed by atoms with Crippen LogP contribution in [0.4, 0.5) is 0 Å². The summed E-state index contributed by atoms with van der Waals surface area (Å²) in [5, 5.41) is 2.41. The Balaban J connectivity index is 1.06. The smallest absolute Gasteiger partial charge is 0.164 e. The SMILES string of the molecule is c1ccc(-c2cc(-c3ccccc3)cc(-c3nc(-c4ccccc4)nc(-c4ccc5sc6ccc(C7(c8ccccc8)c8ccccc8-c8ccccc87)cc6c5c4)n3)c2)cc1. The molecule has 0 spiro atoms. The molecule has 9 aromatic carbocycles. The van der Waals surface area contributed by atoms with Crippen LogP contribution >= 0.6 is 11.3 Å². The van der Waals surface area contributed by atoms with E-state index < -0.39 is 5.41 Å². The molecule has 0 N–H and O–H groups in total. The first-order chi connectivity index (χ1) is 30.7. The Bertz CT molecular complexity index is 3350. The lowest BCUT2D eigenvalue weighted by Gasteiger charge is -2.34. The summed E-state index contributed by atoms with van der Waals surface area (Å²) in [4.78, 5) is 15.7. The highest BCUT2D eigenvalue weighted by atomic mass is 32.1. The summed E-state index contributed by atoms with van der Waals surface area (Å²) in [5.74, 6) is 1.90. The molecule has 1 aliphatic rings. The van der Waals surface area contributed by atoms with Crippen molar-refractivity contribution in [2.45, 2.75) is 5.41 Å². The van der Waals surface area contributed by atoms with E-state index in [4.69, 9.17) is 15.0 Å². The van der Waals surface area contributed by atoms with Crippen LogP contribution in [-0.2, 0) is 5.41 Å². The number of thiophene rings is 1. The van der Waals surface area contributed by atoms with Gasteiger partial charge in [0, 0.05) is 36.9 Å². The van der Waals surface area contributed by atoms with Crippen LogP contribution in [0.25, 0.3) is 87.7 Å². The second-order valence-electron chi connectivity index (χ2n) is 15.9. The van der Waals surface area contributed by atoms with Crippen molar-refractivity contribution in [1.29, 1.82) is 0 Å². The van der Waals surface area contributed by atoms with Crippen LogP contribution in [0, 0.1) is 0 Å². The summed E-state index contributed by atoms with van der Waals surface area (Å²) in [6, 6.07) is 80.6. The minimum atomic E-state index is -0.477. The molecule has 11 aromatic rings. The number of benzene rings is 9. The van der Waals surface area contributed by atoms with E-state index >= 15 is 0 Å². The number of aromatic nitrogens is 3. The van der Waals surface area contributed by atoms with Gasteiger partial charge in [-0.05, 0) is 104 Å². The van der Waals surface area contributed by atoms with E-state index in [1.54, 1.807) is 0 Å². The first kappa shape index (κ1) is 36.1. The molecule has 1 aliphatic carbocycles. The molecule has 3 nitrogen and oxygen atoms in total. The minimum absolute atomic E-state index is 0.477. The number of hydrogen-bond donors (Lipinski definition) is 0. The van der Waals surface area contributed by atoms with Gasteiger partial charge in [-0.1, -0.05) is 176 Å². The Kier molecular flexibility index (Phi) is 8.58. The van der Waals surface area contributed by atoms with Crippen LogP contribution in [0.3, 0.4) is 0 Å². The maximum absolute atomic E-state index is 5.30. The fraction of sp³-hybridized carbons (Fsp3) is 0.0172. The van der Waals surface area contributed by atoms with E-state index in [1.165, 1.54) is 53.6 Å². The van der Waals surface area contributed by atoms with Gasteiger partial charge in [-0.3, -0.25) is 0 Å². The van der Waals surface area contributed by atoms with Crippen molar-refractivity contribution >= 4 is 31.5 Å². The normalized spacial score (nSPS) is 12.6.